The molecular weight excluding hydrogens is 174 g/mol. The molecule has 0 aliphatic heterocycles. The molecule has 70 valence electrons. The smallest absolute Gasteiger partial charge is 0.159 e. The highest BCUT2D eigenvalue weighted by atomic mass is 35.5. The Kier molecular flexibility index (Phi) is 5.18. The lowest BCUT2D eigenvalue weighted by molar-refractivity contribution is -0.115. The minimum atomic E-state index is -0.107. The van der Waals surface area contributed by atoms with Gasteiger partial charge in [0.15, 0.2) is 5.78 Å². The van der Waals surface area contributed by atoms with Crippen LogP contribution in [0.1, 0.15) is 13.3 Å². The van der Waals surface area contributed by atoms with E-state index in [4.69, 9.17) is 11.6 Å². The van der Waals surface area contributed by atoms with E-state index in [0.717, 1.165) is 6.54 Å². The molecule has 0 spiro atoms. The topological polar surface area (TPSA) is 20.3 Å². The molecule has 0 saturated heterocycles. The Morgan fingerprint density at radius 1 is 1.58 bits per heavy atom. The lowest BCUT2D eigenvalue weighted by Crippen LogP contribution is -2.24. The summed E-state index contributed by atoms with van der Waals surface area (Å²) in [6.07, 6.45) is 0.384. The van der Waals surface area contributed by atoms with Crippen LogP contribution < -0.4 is 0 Å². The fourth-order valence-electron chi connectivity index (χ4n) is 0.836. The van der Waals surface area contributed by atoms with E-state index in [2.05, 4.69) is 6.58 Å². The standard InChI is InChI=1S/C9H16ClNO/c1-7(2)9(12)5-8(10)6-11(3)4/h8H,1,5-6H2,2-4H3. The van der Waals surface area contributed by atoms with E-state index in [9.17, 15) is 4.79 Å². The van der Waals surface area contributed by atoms with Crippen LogP contribution in [0, 0.1) is 0 Å². The van der Waals surface area contributed by atoms with Crippen LogP contribution in [0.25, 0.3) is 0 Å². The van der Waals surface area contributed by atoms with Crippen molar-refractivity contribution in [1.29, 1.82) is 0 Å². The molecule has 2 nitrogen and oxygen atoms in total. The summed E-state index contributed by atoms with van der Waals surface area (Å²) in [7, 11) is 3.86. The Morgan fingerprint density at radius 2 is 2.08 bits per heavy atom. The van der Waals surface area contributed by atoms with Gasteiger partial charge in [0.25, 0.3) is 0 Å². The Labute approximate surface area is 79.2 Å². The van der Waals surface area contributed by atoms with E-state index in [1.54, 1.807) is 6.92 Å². The van der Waals surface area contributed by atoms with Gasteiger partial charge in [-0.05, 0) is 26.6 Å². The van der Waals surface area contributed by atoms with Crippen molar-refractivity contribution in [2.75, 3.05) is 20.6 Å². The molecule has 0 bridgehead atoms. The number of carbonyl (C=O) groups excluding carboxylic acids is 1. The molecule has 0 aliphatic rings. The molecule has 0 saturated carbocycles. The second-order valence-corrected chi connectivity index (χ2v) is 3.88. The zero-order chi connectivity index (χ0) is 9.72. The van der Waals surface area contributed by atoms with Gasteiger partial charge >= 0.3 is 0 Å². The number of hydrogen-bond donors (Lipinski definition) is 0. The highest BCUT2D eigenvalue weighted by Crippen LogP contribution is 2.07. The maximum absolute atomic E-state index is 11.1. The Balaban J connectivity index is 3.76. The summed E-state index contributed by atoms with van der Waals surface area (Å²) >= 11 is 5.91. The van der Waals surface area contributed by atoms with Crippen LogP contribution in [0.3, 0.4) is 0 Å². The molecule has 0 amide bonds. The van der Waals surface area contributed by atoms with Gasteiger partial charge in [0.2, 0.25) is 0 Å². The SMILES string of the molecule is C=C(C)C(=O)CC(Cl)CN(C)C. The number of halogens is 1. The van der Waals surface area contributed by atoms with Gasteiger partial charge in [-0.2, -0.15) is 0 Å². The van der Waals surface area contributed by atoms with E-state index < -0.39 is 0 Å². The number of rotatable bonds is 5. The summed E-state index contributed by atoms with van der Waals surface area (Å²) in [5.41, 5.74) is 0.583. The number of Topliss-reactive ketones (excluding diaryl/α,β-unsaturated/α-hetero) is 1. The number of alkyl halides is 1. The zero-order valence-corrected chi connectivity index (χ0v) is 8.69. The summed E-state index contributed by atoms with van der Waals surface area (Å²) in [6.45, 7) is 6.00. The molecule has 0 fully saturated rings. The second kappa shape index (κ2) is 5.33. The molecule has 0 aromatic heterocycles. The number of allylic oxidation sites excluding steroid dienone is 1. The maximum atomic E-state index is 11.1. The molecule has 12 heavy (non-hydrogen) atoms. The second-order valence-electron chi connectivity index (χ2n) is 3.27. The average Bonchev–Trinajstić information content (AvgIpc) is 1.84. The van der Waals surface area contributed by atoms with Crippen molar-refractivity contribution in [2.45, 2.75) is 18.7 Å². The number of nitrogens with zero attached hydrogens (tertiary/aromatic N) is 1. The van der Waals surface area contributed by atoms with Crippen LogP contribution >= 0.6 is 11.6 Å². The molecule has 0 rings (SSSR count). The van der Waals surface area contributed by atoms with E-state index in [0.29, 0.717) is 12.0 Å². The zero-order valence-electron chi connectivity index (χ0n) is 7.93. The van der Waals surface area contributed by atoms with Crippen LogP contribution in [0.2, 0.25) is 0 Å². The number of carbonyl (C=O) groups is 1. The quantitative estimate of drug-likeness (QED) is 0.485. The van der Waals surface area contributed by atoms with Crippen molar-refractivity contribution < 1.29 is 4.79 Å². The highest BCUT2D eigenvalue weighted by Gasteiger charge is 2.11. The molecule has 0 aliphatic carbocycles. The average molecular weight is 190 g/mol. The van der Waals surface area contributed by atoms with Gasteiger partial charge in [-0.1, -0.05) is 6.58 Å². The van der Waals surface area contributed by atoms with Gasteiger partial charge in [-0.3, -0.25) is 4.79 Å². The molecular formula is C9H16ClNO. The first-order valence-corrected chi connectivity index (χ1v) is 4.34. The fraction of sp³-hybridized carbons (Fsp3) is 0.667. The van der Waals surface area contributed by atoms with Crippen LogP contribution in [0.5, 0.6) is 0 Å². The van der Waals surface area contributed by atoms with Crippen LogP contribution in [0.4, 0.5) is 0 Å². The van der Waals surface area contributed by atoms with E-state index in [1.807, 2.05) is 19.0 Å². The minimum absolute atomic E-state index is 0.0526. The summed E-state index contributed by atoms with van der Waals surface area (Å²) in [4.78, 5) is 13.1. The summed E-state index contributed by atoms with van der Waals surface area (Å²) in [5, 5.41) is -0.107. The predicted molar refractivity (Wildman–Crippen MR) is 52.6 cm³/mol. The van der Waals surface area contributed by atoms with Gasteiger partial charge in [-0.15, -0.1) is 11.6 Å². The molecule has 0 aromatic rings. The van der Waals surface area contributed by atoms with Crippen molar-refractivity contribution in [3.05, 3.63) is 12.2 Å². The molecule has 1 atom stereocenters. The summed E-state index contributed by atoms with van der Waals surface area (Å²) < 4.78 is 0. The Hall–Kier alpha value is -0.340. The molecule has 0 radical (unpaired) electrons. The molecule has 3 heteroatoms. The molecule has 1 unspecified atom stereocenters. The third-order valence-corrected chi connectivity index (χ3v) is 1.74. The minimum Gasteiger partial charge on any atom is -0.308 e. The third kappa shape index (κ3) is 5.33. The number of hydrogen-bond acceptors (Lipinski definition) is 2. The first-order valence-electron chi connectivity index (χ1n) is 3.91. The van der Waals surface area contributed by atoms with Gasteiger partial charge in [0.1, 0.15) is 0 Å². The fourth-order valence-corrected chi connectivity index (χ4v) is 1.25. The van der Waals surface area contributed by atoms with Gasteiger partial charge in [0.05, 0.1) is 5.38 Å². The van der Waals surface area contributed by atoms with Gasteiger partial charge < -0.3 is 4.90 Å². The Morgan fingerprint density at radius 3 is 2.42 bits per heavy atom. The highest BCUT2D eigenvalue weighted by molar-refractivity contribution is 6.22. The van der Waals surface area contributed by atoms with Crippen molar-refractivity contribution in [3.8, 4) is 0 Å². The molecule has 0 N–H and O–H groups in total. The lowest BCUT2D eigenvalue weighted by Gasteiger charge is -2.13. The van der Waals surface area contributed by atoms with Crippen molar-refractivity contribution >= 4 is 17.4 Å². The lowest BCUT2D eigenvalue weighted by atomic mass is 10.1. The van der Waals surface area contributed by atoms with Crippen LogP contribution in [-0.4, -0.2) is 36.7 Å². The van der Waals surface area contributed by atoms with Gasteiger partial charge in [-0.25, -0.2) is 0 Å². The first-order chi connectivity index (χ1) is 5.43. The molecule has 0 heterocycles. The summed E-state index contributed by atoms with van der Waals surface area (Å²) in [6, 6.07) is 0. The van der Waals surface area contributed by atoms with Gasteiger partial charge in [0, 0.05) is 13.0 Å². The van der Waals surface area contributed by atoms with E-state index in [-0.39, 0.29) is 11.2 Å². The van der Waals surface area contributed by atoms with E-state index >= 15 is 0 Å². The number of ketones is 1. The largest absolute Gasteiger partial charge is 0.308 e. The summed E-state index contributed by atoms with van der Waals surface area (Å²) in [5.74, 6) is 0.0526. The van der Waals surface area contributed by atoms with Crippen LogP contribution in [-0.2, 0) is 4.79 Å². The maximum Gasteiger partial charge on any atom is 0.159 e. The Bertz CT molecular complexity index is 177. The van der Waals surface area contributed by atoms with Crippen molar-refractivity contribution in [1.82, 2.24) is 4.90 Å². The van der Waals surface area contributed by atoms with Crippen molar-refractivity contribution in [2.24, 2.45) is 0 Å². The van der Waals surface area contributed by atoms with E-state index in [1.165, 1.54) is 0 Å². The molecule has 0 aromatic carbocycles. The van der Waals surface area contributed by atoms with Crippen molar-refractivity contribution in [3.63, 3.8) is 0 Å². The predicted octanol–water partition coefficient (Wildman–Crippen LogP) is 1.69. The normalized spacial score (nSPS) is 13.1. The first kappa shape index (κ1) is 11.7. The third-order valence-electron chi connectivity index (χ3n) is 1.45. The monoisotopic (exact) mass is 189 g/mol. The van der Waals surface area contributed by atoms with Crippen LogP contribution in [0.15, 0.2) is 12.2 Å².